The number of nitrogens with one attached hydrogen (secondary N) is 3. The van der Waals surface area contributed by atoms with E-state index in [2.05, 4.69) is 20.6 Å². The molecule has 0 atom stereocenters. The quantitative estimate of drug-likeness (QED) is 0.565. The van der Waals surface area contributed by atoms with Crippen molar-refractivity contribution < 1.29 is 9.18 Å². The highest BCUT2D eigenvalue weighted by Crippen LogP contribution is 2.21. The Hall–Kier alpha value is -3.61. The molecule has 28 heavy (non-hydrogen) atoms. The average molecular weight is 377 g/mol. The van der Waals surface area contributed by atoms with Gasteiger partial charge in [0, 0.05) is 17.5 Å². The lowest BCUT2D eigenvalue weighted by Crippen LogP contribution is -2.26. The standard InChI is InChI=1S/C21H20FN5O/c1-3-18(13(2)23)27-21(28)15-9-7-14(8-10-15)11-24-20-16-5-4-6-17(22)19(16)25-12-26-20/h3-10,12,23H,11H2,1-2H3,(H,27,28)(H,24,25,26)/b18-3+,23-13?. The fourth-order valence-electron chi connectivity index (χ4n) is 2.73. The zero-order chi connectivity index (χ0) is 20.1. The Kier molecular flexibility index (Phi) is 5.74. The van der Waals surface area contributed by atoms with Gasteiger partial charge in [-0.15, -0.1) is 0 Å². The predicted molar refractivity (Wildman–Crippen MR) is 108 cm³/mol. The summed E-state index contributed by atoms with van der Waals surface area (Å²) in [6.45, 7) is 3.85. The van der Waals surface area contributed by atoms with Crippen molar-refractivity contribution in [3.63, 3.8) is 0 Å². The van der Waals surface area contributed by atoms with Crippen LogP contribution in [0.2, 0.25) is 0 Å². The Balaban J connectivity index is 1.69. The highest BCUT2D eigenvalue weighted by molar-refractivity contribution is 6.03. The molecule has 0 saturated heterocycles. The van der Waals surface area contributed by atoms with E-state index in [9.17, 15) is 9.18 Å². The topological polar surface area (TPSA) is 90.8 Å². The second kappa shape index (κ2) is 8.39. The number of anilines is 1. The fourth-order valence-corrected chi connectivity index (χ4v) is 2.73. The molecule has 6 nitrogen and oxygen atoms in total. The highest BCUT2D eigenvalue weighted by atomic mass is 19.1. The van der Waals surface area contributed by atoms with Crippen molar-refractivity contribution in [1.82, 2.24) is 15.3 Å². The van der Waals surface area contributed by atoms with Crippen LogP contribution >= 0.6 is 0 Å². The van der Waals surface area contributed by atoms with E-state index in [1.807, 2.05) is 12.1 Å². The number of carbonyl (C=O) groups excluding carboxylic acids is 1. The summed E-state index contributed by atoms with van der Waals surface area (Å²) in [4.78, 5) is 20.4. The molecule has 0 radical (unpaired) electrons. The Labute approximate surface area is 162 Å². The van der Waals surface area contributed by atoms with E-state index in [1.54, 1.807) is 44.2 Å². The summed E-state index contributed by atoms with van der Waals surface area (Å²) in [5, 5.41) is 14.1. The van der Waals surface area contributed by atoms with Crippen LogP contribution < -0.4 is 10.6 Å². The molecule has 0 bridgehead atoms. The van der Waals surface area contributed by atoms with Gasteiger partial charge in [-0.3, -0.25) is 4.79 Å². The molecule has 1 aromatic heterocycles. The molecule has 142 valence electrons. The third-order valence-corrected chi connectivity index (χ3v) is 4.23. The van der Waals surface area contributed by atoms with Gasteiger partial charge in [0.05, 0.1) is 11.4 Å². The maximum atomic E-state index is 13.8. The van der Waals surface area contributed by atoms with Crippen molar-refractivity contribution >= 4 is 28.3 Å². The van der Waals surface area contributed by atoms with Crippen LogP contribution in [0.15, 0.2) is 60.6 Å². The number of fused-ring (bicyclic) bond motifs is 1. The summed E-state index contributed by atoms with van der Waals surface area (Å²) in [7, 11) is 0. The minimum Gasteiger partial charge on any atom is -0.365 e. The minimum atomic E-state index is -0.390. The molecule has 0 spiro atoms. The number of rotatable bonds is 6. The molecule has 0 unspecified atom stereocenters. The number of allylic oxidation sites excluding steroid dienone is 2. The van der Waals surface area contributed by atoms with Crippen LogP contribution in [-0.2, 0) is 6.54 Å². The van der Waals surface area contributed by atoms with Crippen molar-refractivity contribution in [3.8, 4) is 0 Å². The maximum Gasteiger partial charge on any atom is 0.255 e. The normalized spacial score (nSPS) is 11.3. The van der Waals surface area contributed by atoms with E-state index in [0.717, 1.165) is 5.56 Å². The average Bonchev–Trinajstić information content (AvgIpc) is 2.70. The second-order valence-corrected chi connectivity index (χ2v) is 6.19. The van der Waals surface area contributed by atoms with E-state index in [1.165, 1.54) is 12.4 Å². The van der Waals surface area contributed by atoms with Crippen molar-refractivity contribution in [2.75, 3.05) is 5.32 Å². The number of amides is 1. The molecule has 1 amide bonds. The molecule has 0 saturated carbocycles. The van der Waals surface area contributed by atoms with E-state index in [4.69, 9.17) is 5.41 Å². The van der Waals surface area contributed by atoms with E-state index < -0.39 is 0 Å². The Morgan fingerprint density at radius 2 is 1.93 bits per heavy atom. The maximum absolute atomic E-state index is 13.8. The number of nitrogens with zero attached hydrogens (tertiary/aromatic N) is 2. The van der Waals surface area contributed by atoms with Crippen LogP contribution in [0.1, 0.15) is 29.8 Å². The Morgan fingerprint density at radius 1 is 1.18 bits per heavy atom. The number of hydrogen-bond acceptors (Lipinski definition) is 5. The van der Waals surface area contributed by atoms with Crippen molar-refractivity contribution in [2.45, 2.75) is 20.4 Å². The summed E-state index contributed by atoms with van der Waals surface area (Å²) in [6.07, 6.45) is 3.01. The second-order valence-electron chi connectivity index (χ2n) is 6.19. The summed E-state index contributed by atoms with van der Waals surface area (Å²) in [5.74, 6) is -0.110. The first-order valence-electron chi connectivity index (χ1n) is 8.75. The Morgan fingerprint density at radius 3 is 2.61 bits per heavy atom. The number of hydrogen-bond donors (Lipinski definition) is 3. The van der Waals surface area contributed by atoms with Crippen LogP contribution in [0, 0.1) is 11.2 Å². The van der Waals surface area contributed by atoms with Gasteiger partial charge in [0.15, 0.2) is 0 Å². The lowest BCUT2D eigenvalue weighted by atomic mass is 10.1. The molecule has 3 aromatic rings. The first kappa shape index (κ1) is 19.2. The number of aromatic nitrogens is 2. The fraction of sp³-hybridized carbons (Fsp3) is 0.143. The van der Waals surface area contributed by atoms with Crippen LogP contribution in [0.4, 0.5) is 10.2 Å². The lowest BCUT2D eigenvalue weighted by molar-refractivity contribution is 0.0967. The van der Waals surface area contributed by atoms with Crippen LogP contribution in [-0.4, -0.2) is 21.6 Å². The summed E-state index contributed by atoms with van der Waals surface area (Å²) in [5.41, 5.74) is 2.49. The third-order valence-electron chi connectivity index (χ3n) is 4.23. The summed E-state index contributed by atoms with van der Waals surface area (Å²) in [6, 6.07) is 11.8. The van der Waals surface area contributed by atoms with Crippen molar-refractivity contribution in [1.29, 1.82) is 5.41 Å². The molecular weight excluding hydrogens is 357 g/mol. The number of para-hydroxylation sites is 1. The van der Waals surface area contributed by atoms with Crippen LogP contribution in [0.25, 0.3) is 10.9 Å². The van der Waals surface area contributed by atoms with Crippen LogP contribution in [0.5, 0.6) is 0 Å². The lowest BCUT2D eigenvalue weighted by Gasteiger charge is -2.10. The zero-order valence-electron chi connectivity index (χ0n) is 15.6. The van der Waals surface area contributed by atoms with Gasteiger partial charge in [0.25, 0.3) is 5.91 Å². The number of carbonyl (C=O) groups is 1. The van der Waals surface area contributed by atoms with Crippen molar-refractivity contribution in [2.24, 2.45) is 0 Å². The molecule has 7 heteroatoms. The van der Waals surface area contributed by atoms with Gasteiger partial charge < -0.3 is 16.0 Å². The van der Waals surface area contributed by atoms with Gasteiger partial charge in [0.2, 0.25) is 0 Å². The molecule has 3 N–H and O–H groups in total. The molecule has 0 aliphatic carbocycles. The molecule has 1 heterocycles. The predicted octanol–water partition coefficient (Wildman–Crippen LogP) is 4.05. The summed E-state index contributed by atoms with van der Waals surface area (Å²) >= 11 is 0. The molecule has 0 fully saturated rings. The van der Waals surface area contributed by atoms with Gasteiger partial charge in [-0.2, -0.15) is 0 Å². The van der Waals surface area contributed by atoms with Gasteiger partial charge in [-0.25, -0.2) is 14.4 Å². The van der Waals surface area contributed by atoms with Crippen LogP contribution in [0.3, 0.4) is 0 Å². The molecule has 2 aromatic carbocycles. The highest BCUT2D eigenvalue weighted by Gasteiger charge is 2.10. The number of halogens is 1. The monoisotopic (exact) mass is 377 g/mol. The smallest absolute Gasteiger partial charge is 0.255 e. The Bertz CT molecular complexity index is 1060. The molecule has 0 aliphatic rings. The van der Waals surface area contributed by atoms with E-state index >= 15 is 0 Å². The van der Waals surface area contributed by atoms with E-state index in [-0.39, 0.29) is 17.2 Å². The summed E-state index contributed by atoms with van der Waals surface area (Å²) < 4.78 is 13.8. The minimum absolute atomic E-state index is 0.267. The third kappa shape index (κ3) is 4.20. The van der Waals surface area contributed by atoms with Gasteiger partial charge in [-0.1, -0.05) is 24.3 Å². The first-order valence-corrected chi connectivity index (χ1v) is 8.75. The molecule has 0 aliphatic heterocycles. The molecular formula is C21H20FN5O. The number of benzene rings is 2. The SMILES string of the molecule is C/C=C(/NC(=O)c1ccc(CNc2ncnc3c(F)cccc23)cc1)C(C)=N. The van der Waals surface area contributed by atoms with Gasteiger partial charge in [0.1, 0.15) is 23.5 Å². The van der Waals surface area contributed by atoms with Crippen molar-refractivity contribution in [3.05, 3.63) is 77.5 Å². The largest absolute Gasteiger partial charge is 0.365 e. The molecule has 3 rings (SSSR count). The zero-order valence-corrected chi connectivity index (χ0v) is 15.6. The van der Waals surface area contributed by atoms with E-state index in [0.29, 0.717) is 34.7 Å². The first-order chi connectivity index (χ1) is 13.5. The van der Waals surface area contributed by atoms with Gasteiger partial charge in [-0.05, 0) is 43.7 Å². The van der Waals surface area contributed by atoms with Gasteiger partial charge >= 0.3 is 0 Å².